The van der Waals surface area contributed by atoms with Crippen molar-refractivity contribution in [3.63, 3.8) is 0 Å². The number of alkyl halides is 3. The fourth-order valence-electron chi connectivity index (χ4n) is 1.98. The highest BCUT2D eigenvalue weighted by Gasteiger charge is 2.30. The maximum Gasteiger partial charge on any atom is 0.416 e. The van der Waals surface area contributed by atoms with Gasteiger partial charge in [-0.3, -0.25) is 9.59 Å². The third kappa shape index (κ3) is 6.38. The highest BCUT2D eigenvalue weighted by atomic mass is 19.4. The highest BCUT2D eigenvalue weighted by molar-refractivity contribution is 5.95. The van der Waals surface area contributed by atoms with Crippen molar-refractivity contribution in [1.82, 2.24) is 5.32 Å². The number of amides is 2. The van der Waals surface area contributed by atoms with Crippen molar-refractivity contribution in [3.05, 3.63) is 65.5 Å². The van der Waals surface area contributed by atoms with E-state index in [4.69, 9.17) is 0 Å². The number of rotatable bonds is 6. The summed E-state index contributed by atoms with van der Waals surface area (Å²) in [6, 6.07) is 8.26. The molecule has 2 amide bonds. The minimum absolute atomic E-state index is 0.158. The molecule has 0 heterocycles. The molecule has 0 saturated heterocycles. The number of nitrogens with one attached hydrogen (secondary N) is 2. The van der Waals surface area contributed by atoms with E-state index < -0.39 is 48.5 Å². The summed E-state index contributed by atoms with van der Waals surface area (Å²) in [5.41, 5.74) is -0.752. The largest absolute Gasteiger partial charge is 0.452 e. The Hall–Kier alpha value is -3.43. The van der Waals surface area contributed by atoms with Gasteiger partial charge in [0.1, 0.15) is 5.82 Å². The smallest absolute Gasteiger partial charge is 0.416 e. The molecule has 0 spiro atoms. The Morgan fingerprint density at radius 3 is 2.07 bits per heavy atom. The van der Waals surface area contributed by atoms with Crippen LogP contribution < -0.4 is 10.6 Å². The molecule has 148 valence electrons. The maximum atomic E-state index is 12.8. The Morgan fingerprint density at radius 1 is 0.893 bits per heavy atom. The van der Waals surface area contributed by atoms with Crippen LogP contribution in [0.5, 0.6) is 0 Å². The normalized spacial score (nSPS) is 10.9. The summed E-state index contributed by atoms with van der Waals surface area (Å²) in [5, 5.41) is 4.61. The van der Waals surface area contributed by atoms with Gasteiger partial charge in [0.15, 0.2) is 6.61 Å². The molecule has 0 aliphatic carbocycles. The molecule has 28 heavy (non-hydrogen) atoms. The van der Waals surface area contributed by atoms with Gasteiger partial charge < -0.3 is 15.4 Å². The maximum absolute atomic E-state index is 12.8. The first-order valence-electron chi connectivity index (χ1n) is 7.81. The highest BCUT2D eigenvalue weighted by Crippen LogP contribution is 2.29. The number of halogens is 4. The fraction of sp³-hybridized carbons (Fsp3) is 0.167. The van der Waals surface area contributed by atoms with Crippen LogP contribution in [0.2, 0.25) is 0 Å². The van der Waals surface area contributed by atoms with Crippen LogP contribution in [-0.2, 0) is 20.5 Å². The molecule has 0 radical (unpaired) electrons. The van der Waals surface area contributed by atoms with Gasteiger partial charge in [0.25, 0.3) is 5.91 Å². The minimum Gasteiger partial charge on any atom is -0.452 e. The number of hydrogen-bond acceptors (Lipinski definition) is 4. The summed E-state index contributed by atoms with van der Waals surface area (Å²) in [5.74, 6) is -2.83. The van der Waals surface area contributed by atoms with E-state index >= 15 is 0 Å². The zero-order valence-electron chi connectivity index (χ0n) is 14.2. The lowest BCUT2D eigenvalue weighted by atomic mass is 10.1. The number of esters is 1. The Balaban J connectivity index is 1.74. The molecule has 0 fully saturated rings. The molecule has 2 rings (SSSR count). The second-order valence-electron chi connectivity index (χ2n) is 5.48. The van der Waals surface area contributed by atoms with E-state index in [0.29, 0.717) is 5.69 Å². The summed E-state index contributed by atoms with van der Waals surface area (Å²) in [6.07, 6.45) is -4.53. The molecule has 0 saturated carbocycles. The van der Waals surface area contributed by atoms with Crippen LogP contribution in [0.4, 0.5) is 23.2 Å². The first-order valence-corrected chi connectivity index (χ1v) is 7.81. The van der Waals surface area contributed by atoms with Crippen molar-refractivity contribution in [2.75, 3.05) is 18.5 Å². The second-order valence-corrected chi connectivity index (χ2v) is 5.48. The van der Waals surface area contributed by atoms with E-state index in [1.807, 2.05) is 0 Å². The Kier molecular flexibility index (Phi) is 6.69. The minimum atomic E-state index is -4.53. The van der Waals surface area contributed by atoms with Gasteiger partial charge in [-0.25, -0.2) is 9.18 Å². The topological polar surface area (TPSA) is 84.5 Å². The van der Waals surface area contributed by atoms with E-state index in [-0.39, 0.29) is 5.56 Å². The van der Waals surface area contributed by atoms with Gasteiger partial charge in [-0.15, -0.1) is 0 Å². The number of anilines is 1. The van der Waals surface area contributed by atoms with Crippen molar-refractivity contribution >= 4 is 23.5 Å². The number of hydrogen-bond donors (Lipinski definition) is 2. The van der Waals surface area contributed by atoms with Crippen LogP contribution in [0.15, 0.2) is 48.5 Å². The summed E-state index contributed by atoms with van der Waals surface area (Å²) in [4.78, 5) is 35.0. The van der Waals surface area contributed by atoms with Crippen LogP contribution in [0.1, 0.15) is 15.9 Å². The first kappa shape index (κ1) is 20.9. The van der Waals surface area contributed by atoms with Crippen molar-refractivity contribution in [1.29, 1.82) is 0 Å². The molecule has 0 aliphatic rings. The van der Waals surface area contributed by atoms with Gasteiger partial charge in [0.05, 0.1) is 17.7 Å². The molecule has 10 heteroatoms. The molecule has 6 nitrogen and oxygen atoms in total. The van der Waals surface area contributed by atoms with Crippen molar-refractivity contribution in [3.8, 4) is 0 Å². The quantitative estimate of drug-likeness (QED) is 0.579. The Labute approximate surface area is 156 Å². The molecular formula is C18H14F4N2O4. The molecule has 2 aromatic rings. The molecule has 0 atom stereocenters. The summed E-state index contributed by atoms with van der Waals surface area (Å²) in [6.45, 7) is -1.14. The lowest BCUT2D eigenvalue weighted by Gasteiger charge is -2.09. The zero-order chi connectivity index (χ0) is 20.7. The number of carbonyl (C=O) groups is 3. The number of benzene rings is 2. The summed E-state index contributed by atoms with van der Waals surface area (Å²) in [7, 11) is 0. The van der Waals surface area contributed by atoms with Crippen LogP contribution >= 0.6 is 0 Å². The van der Waals surface area contributed by atoms with Crippen LogP contribution in [0, 0.1) is 5.82 Å². The Bertz CT molecular complexity index is 849. The average molecular weight is 398 g/mol. The number of carbonyl (C=O) groups excluding carboxylic acids is 3. The van der Waals surface area contributed by atoms with Crippen molar-refractivity contribution in [2.24, 2.45) is 0 Å². The Morgan fingerprint density at radius 2 is 1.50 bits per heavy atom. The zero-order valence-corrected chi connectivity index (χ0v) is 14.2. The van der Waals surface area contributed by atoms with E-state index in [2.05, 4.69) is 15.4 Å². The van der Waals surface area contributed by atoms with E-state index in [1.165, 1.54) is 12.1 Å². The second kappa shape index (κ2) is 8.98. The molecule has 0 unspecified atom stereocenters. The van der Waals surface area contributed by atoms with Crippen LogP contribution in [-0.4, -0.2) is 30.9 Å². The third-order valence-corrected chi connectivity index (χ3v) is 3.36. The van der Waals surface area contributed by atoms with E-state index in [9.17, 15) is 31.9 Å². The molecule has 0 aliphatic heterocycles. The van der Waals surface area contributed by atoms with Gasteiger partial charge in [-0.1, -0.05) is 0 Å². The molecule has 2 N–H and O–H groups in total. The van der Waals surface area contributed by atoms with Gasteiger partial charge in [0, 0.05) is 5.69 Å². The van der Waals surface area contributed by atoms with Crippen LogP contribution in [0.25, 0.3) is 0 Å². The molecule has 0 bridgehead atoms. The number of ether oxygens (including phenoxy) is 1. The first-order chi connectivity index (χ1) is 13.1. The fourth-order valence-corrected chi connectivity index (χ4v) is 1.98. The SMILES string of the molecule is O=C(COC(=O)c1ccc(C(F)(F)F)cc1)NCC(=O)Nc1ccc(F)cc1. The monoisotopic (exact) mass is 398 g/mol. The molecule has 2 aromatic carbocycles. The molecule has 0 aromatic heterocycles. The van der Waals surface area contributed by atoms with Crippen LogP contribution in [0.3, 0.4) is 0 Å². The third-order valence-electron chi connectivity index (χ3n) is 3.36. The summed E-state index contributed by atoms with van der Waals surface area (Å²) < 4.78 is 54.8. The standard InChI is InChI=1S/C18H14F4N2O4/c19-13-5-7-14(8-6-13)24-15(25)9-23-16(26)10-28-17(27)11-1-3-12(4-2-11)18(20,21)22/h1-8H,9-10H2,(H,23,26)(H,24,25). The van der Waals surface area contributed by atoms with E-state index in [0.717, 1.165) is 36.4 Å². The van der Waals surface area contributed by atoms with Crippen molar-refractivity contribution < 1.29 is 36.7 Å². The predicted molar refractivity (Wildman–Crippen MR) is 89.8 cm³/mol. The van der Waals surface area contributed by atoms with Gasteiger partial charge in [-0.05, 0) is 48.5 Å². The van der Waals surface area contributed by atoms with Gasteiger partial charge >= 0.3 is 12.1 Å². The lowest BCUT2D eigenvalue weighted by molar-refractivity contribution is -0.137. The van der Waals surface area contributed by atoms with Gasteiger partial charge in [0.2, 0.25) is 5.91 Å². The predicted octanol–water partition coefficient (Wildman–Crippen LogP) is 2.76. The van der Waals surface area contributed by atoms with E-state index in [1.54, 1.807) is 0 Å². The average Bonchev–Trinajstić information content (AvgIpc) is 2.65. The van der Waals surface area contributed by atoms with Crippen molar-refractivity contribution in [2.45, 2.75) is 6.18 Å². The summed E-state index contributed by atoms with van der Waals surface area (Å²) >= 11 is 0. The molecular weight excluding hydrogens is 384 g/mol. The lowest BCUT2D eigenvalue weighted by Crippen LogP contribution is -2.35. The van der Waals surface area contributed by atoms with Gasteiger partial charge in [-0.2, -0.15) is 13.2 Å².